The molecule has 4 N–H and O–H groups in total. The van der Waals surface area contributed by atoms with Gasteiger partial charge in [0.15, 0.2) is 6.10 Å². The van der Waals surface area contributed by atoms with Crippen molar-refractivity contribution in [3.05, 3.63) is 12.2 Å². The quantitative estimate of drug-likeness (QED) is 0.0155. The number of rotatable bonds is 36. The SMILES string of the molecule is CCCCCC1OC1C/C=C\CCCCCCCC(=O)O[C@H](COC(=O)CCCCCCCCC(C)CC)COP(=O)(O)OC[C@@H](O)COP(=O)(O)O. The molecule has 0 aromatic rings. The molecule has 1 heterocycles. The summed E-state index contributed by atoms with van der Waals surface area (Å²) in [5.41, 5.74) is 0. The summed E-state index contributed by atoms with van der Waals surface area (Å²) in [5.74, 6) is -0.304. The first kappa shape index (κ1) is 49.8. The van der Waals surface area contributed by atoms with E-state index in [1.54, 1.807) is 0 Å². The first-order chi connectivity index (χ1) is 25.2. The number of allylic oxidation sites excluding steroid dienone is 1. The first-order valence-electron chi connectivity index (χ1n) is 19.9. The molecule has 0 spiro atoms. The molecular weight excluding hydrogens is 730 g/mol. The van der Waals surface area contributed by atoms with Crippen LogP contribution in [0.25, 0.3) is 0 Å². The van der Waals surface area contributed by atoms with Gasteiger partial charge < -0.3 is 34.0 Å². The Balaban J connectivity index is 2.39. The van der Waals surface area contributed by atoms with Crippen molar-refractivity contribution in [2.24, 2.45) is 5.92 Å². The highest BCUT2D eigenvalue weighted by atomic mass is 31.2. The molecule has 0 aromatic carbocycles. The van der Waals surface area contributed by atoms with Crippen LogP contribution in [0.5, 0.6) is 0 Å². The lowest BCUT2D eigenvalue weighted by Crippen LogP contribution is -2.30. The third kappa shape index (κ3) is 30.7. The molecule has 4 unspecified atom stereocenters. The van der Waals surface area contributed by atoms with Crippen molar-refractivity contribution in [1.29, 1.82) is 0 Å². The van der Waals surface area contributed by atoms with Crippen molar-refractivity contribution in [2.75, 3.05) is 26.4 Å². The molecular formula is C37H70O14P2. The van der Waals surface area contributed by atoms with Gasteiger partial charge >= 0.3 is 27.6 Å². The van der Waals surface area contributed by atoms with E-state index in [9.17, 15) is 28.7 Å². The number of phosphoric ester groups is 2. The Morgan fingerprint density at radius 3 is 1.98 bits per heavy atom. The lowest BCUT2D eigenvalue weighted by Gasteiger charge is -2.20. The molecule has 0 saturated carbocycles. The van der Waals surface area contributed by atoms with Crippen LogP contribution in [0.4, 0.5) is 0 Å². The van der Waals surface area contributed by atoms with E-state index in [1.165, 1.54) is 44.9 Å². The summed E-state index contributed by atoms with van der Waals surface area (Å²) in [5, 5.41) is 9.72. The van der Waals surface area contributed by atoms with Crippen LogP contribution in [0.3, 0.4) is 0 Å². The molecule has 1 saturated heterocycles. The average molecular weight is 801 g/mol. The molecule has 1 aliphatic rings. The second kappa shape index (κ2) is 30.0. The van der Waals surface area contributed by atoms with Crippen LogP contribution in [0.15, 0.2) is 12.2 Å². The third-order valence-corrected chi connectivity index (χ3v) is 10.5. The number of esters is 2. The predicted molar refractivity (Wildman–Crippen MR) is 202 cm³/mol. The van der Waals surface area contributed by atoms with E-state index in [0.29, 0.717) is 25.0 Å². The highest BCUT2D eigenvalue weighted by molar-refractivity contribution is 7.47. The van der Waals surface area contributed by atoms with Gasteiger partial charge in [0.25, 0.3) is 0 Å². The summed E-state index contributed by atoms with van der Waals surface area (Å²) >= 11 is 0. The van der Waals surface area contributed by atoms with E-state index >= 15 is 0 Å². The van der Waals surface area contributed by atoms with Gasteiger partial charge in [0, 0.05) is 12.8 Å². The van der Waals surface area contributed by atoms with Crippen LogP contribution in [0, 0.1) is 5.92 Å². The second-order valence-electron chi connectivity index (χ2n) is 14.2. The number of phosphoric acid groups is 2. The van der Waals surface area contributed by atoms with Crippen LogP contribution in [-0.4, -0.2) is 82.6 Å². The number of hydrogen-bond acceptors (Lipinski definition) is 11. The number of ether oxygens (including phenoxy) is 3. The Bertz CT molecular complexity index is 1080. The van der Waals surface area contributed by atoms with Gasteiger partial charge in [-0.1, -0.05) is 116 Å². The summed E-state index contributed by atoms with van der Waals surface area (Å²) < 4.78 is 53.3. The summed E-state index contributed by atoms with van der Waals surface area (Å²) in [4.78, 5) is 52.5. The van der Waals surface area contributed by atoms with Crippen molar-refractivity contribution < 1.29 is 66.3 Å². The molecule has 0 aliphatic carbocycles. The number of epoxide rings is 1. The van der Waals surface area contributed by atoms with Gasteiger partial charge in [-0.3, -0.25) is 23.2 Å². The van der Waals surface area contributed by atoms with Crippen molar-refractivity contribution in [1.82, 2.24) is 0 Å². The topological polar surface area (TPSA) is 208 Å². The fraction of sp³-hybridized carbons (Fsp3) is 0.892. The van der Waals surface area contributed by atoms with Crippen molar-refractivity contribution >= 4 is 27.6 Å². The highest BCUT2D eigenvalue weighted by Gasteiger charge is 2.36. The van der Waals surface area contributed by atoms with Gasteiger partial charge in [0.1, 0.15) is 12.7 Å². The lowest BCUT2D eigenvalue weighted by atomic mass is 10.00. The number of aliphatic hydroxyl groups excluding tert-OH is 1. The fourth-order valence-electron chi connectivity index (χ4n) is 5.56. The monoisotopic (exact) mass is 800 g/mol. The van der Waals surface area contributed by atoms with E-state index in [1.807, 2.05) is 0 Å². The molecule has 14 nitrogen and oxygen atoms in total. The minimum atomic E-state index is -4.86. The Hall–Kier alpha value is -1.18. The molecule has 0 amide bonds. The van der Waals surface area contributed by atoms with Crippen LogP contribution < -0.4 is 0 Å². The molecule has 53 heavy (non-hydrogen) atoms. The minimum Gasteiger partial charge on any atom is -0.462 e. The van der Waals surface area contributed by atoms with Gasteiger partial charge in [0.05, 0.1) is 32.0 Å². The molecule has 16 heteroatoms. The highest BCUT2D eigenvalue weighted by Crippen LogP contribution is 2.44. The van der Waals surface area contributed by atoms with Crippen LogP contribution in [0.1, 0.15) is 156 Å². The molecule has 1 fully saturated rings. The second-order valence-corrected chi connectivity index (χ2v) is 16.9. The van der Waals surface area contributed by atoms with Crippen LogP contribution in [0.2, 0.25) is 0 Å². The van der Waals surface area contributed by atoms with Crippen LogP contribution >= 0.6 is 15.6 Å². The molecule has 0 aromatic heterocycles. The van der Waals surface area contributed by atoms with Crippen molar-refractivity contribution in [3.63, 3.8) is 0 Å². The minimum absolute atomic E-state index is 0.113. The zero-order valence-corrected chi connectivity index (χ0v) is 34.3. The smallest absolute Gasteiger partial charge is 0.462 e. The maximum absolute atomic E-state index is 12.6. The number of carbonyl (C=O) groups excluding carboxylic acids is 2. The predicted octanol–water partition coefficient (Wildman–Crippen LogP) is 8.24. The molecule has 6 atom stereocenters. The van der Waals surface area contributed by atoms with Gasteiger partial charge in [-0.25, -0.2) is 9.13 Å². The lowest BCUT2D eigenvalue weighted by molar-refractivity contribution is -0.161. The zero-order valence-electron chi connectivity index (χ0n) is 32.5. The fourth-order valence-corrected chi connectivity index (χ4v) is 6.72. The average Bonchev–Trinajstić information content (AvgIpc) is 3.86. The maximum Gasteiger partial charge on any atom is 0.472 e. The van der Waals surface area contributed by atoms with E-state index in [-0.39, 0.29) is 12.8 Å². The summed E-state index contributed by atoms with van der Waals surface area (Å²) in [6.45, 7) is 3.95. The standard InChI is InChI=1S/C37H70O14P2/c1-4-6-17-23-34-35(51-34)24-19-14-9-7-8-10-16-21-26-37(40)50-33(30-49-53(44,45)48-28-32(38)27-47-52(41,42)43)29-46-36(39)25-20-15-12-11-13-18-22-31(3)5-2/h14,19,31-35,38H,4-13,15-18,20-30H2,1-3H3,(H,44,45)(H2,41,42,43)/b19-14-/t31?,32-,33+,34?,35?/m0/s1. The van der Waals surface area contributed by atoms with Gasteiger partial charge in [-0.2, -0.15) is 0 Å². The van der Waals surface area contributed by atoms with E-state index in [2.05, 4.69) is 42.0 Å². The summed E-state index contributed by atoms with van der Waals surface area (Å²) in [6.07, 6.45) is 22.6. The Morgan fingerprint density at radius 2 is 1.32 bits per heavy atom. The largest absolute Gasteiger partial charge is 0.472 e. The molecule has 0 radical (unpaired) electrons. The van der Waals surface area contributed by atoms with Gasteiger partial charge in [0.2, 0.25) is 0 Å². The normalized spacial score (nSPS) is 18.8. The molecule has 312 valence electrons. The van der Waals surface area contributed by atoms with E-state index in [4.69, 9.17) is 28.5 Å². The molecule has 1 rings (SSSR count). The number of unbranched alkanes of at least 4 members (excludes halogenated alkanes) is 12. The number of hydrogen-bond donors (Lipinski definition) is 4. The van der Waals surface area contributed by atoms with E-state index in [0.717, 1.165) is 70.1 Å². The summed E-state index contributed by atoms with van der Waals surface area (Å²) in [7, 11) is -9.66. The summed E-state index contributed by atoms with van der Waals surface area (Å²) in [6, 6.07) is 0. The van der Waals surface area contributed by atoms with Gasteiger partial charge in [-0.05, 0) is 44.4 Å². The zero-order chi connectivity index (χ0) is 39.4. The van der Waals surface area contributed by atoms with Crippen LogP contribution in [-0.2, 0) is 46.5 Å². The Morgan fingerprint density at radius 1 is 0.717 bits per heavy atom. The third-order valence-electron chi connectivity index (χ3n) is 9.11. The number of carbonyl (C=O) groups is 2. The molecule has 1 aliphatic heterocycles. The first-order valence-corrected chi connectivity index (χ1v) is 22.9. The number of aliphatic hydroxyl groups is 1. The Kier molecular flexibility index (Phi) is 28.2. The van der Waals surface area contributed by atoms with E-state index < -0.39 is 66.2 Å². The van der Waals surface area contributed by atoms with Crippen molar-refractivity contribution in [2.45, 2.75) is 180 Å². The molecule has 0 bridgehead atoms. The van der Waals surface area contributed by atoms with Gasteiger partial charge in [-0.15, -0.1) is 0 Å². The van der Waals surface area contributed by atoms with Crippen molar-refractivity contribution in [3.8, 4) is 0 Å². The Labute approximate surface area is 317 Å². The maximum atomic E-state index is 12.6.